The number of aromatic nitrogens is 3. The number of carbonyl (C=O) groups is 1. The van der Waals surface area contributed by atoms with Gasteiger partial charge in [-0.05, 0) is 49.6 Å². The van der Waals surface area contributed by atoms with Gasteiger partial charge in [0.2, 0.25) is 0 Å². The number of aryl methyl sites for hydroxylation is 2. The predicted molar refractivity (Wildman–Crippen MR) is 138 cm³/mol. The maximum atomic E-state index is 11.7. The molecule has 2 aromatic carbocycles. The molecule has 5 rings (SSSR count). The van der Waals surface area contributed by atoms with E-state index in [2.05, 4.69) is 24.0 Å². The highest BCUT2D eigenvalue weighted by Crippen LogP contribution is 2.39. The van der Waals surface area contributed by atoms with Crippen molar-refractivity contribution in [1.82, 2.24) is 14.8 Å². The number of hydrogen-bond donors (Lipinski definition) is 2. The standard InChI is InChI=1S/C27H24N4O3S/c1-15-16(2)35-27-24(15)25(28-22(14-23(33)34)26-30-29-17(3)31(26)27)20-10-6-18(7-11-20)4-5-19-8-12-21(32)13-9-19/h4-13,22,32H,14H2,1-3H3,(H,33,34)/b5-4+/t22-/m0/s1. The van der Waals surface area contributed by atoms with Crippen molar-refractivity contribution in [2.45, 2.75) is 33.2 Å². The number of carboxylic acids is 1. The molecule has 0 aliphatic carbocycles. The normalized spacial score (nSPS) is 14.9. The first-order valence-corrected chi connectivity index (χ1v) is 12.0. The first-order chi connectivity index (χ1) is 16.8. The van der Waals surface area contributed by atoms with Gasteiger partial charge in [-0.2, -0.15) is 0 Å². The number of phenolic OH excluding ortho intramolecular Hbond substituents is 1. The molecule has 8 heteroatoms. The van der Waals surface area contributed by atoms with Crippen LogP contribution in [0.4, 0.5) is 0 Å². The van der Waals surface area contributed by atoms with Gasteiger partial charge >= 0.3 is 5.97 Å². The third-order valence-electron chi connectivity index (χ3n) is 6.15. The van der Waals surface area contributed by atoms with Crippen LogP contribution in [-0.4, -0.2) is 36.7 Å². The lowest BCUT2D eigenvalue weighted by atomic mass is 9.98. The highest BCUT2D eigenvalue weighted by molar-refractivity contribution is 7.15. The number of nitrogens with zero attached hydrogens (tertiary/aromatic N) is 4. The van der Waals surface area contributed by atoms with Crippen molar-refractivity contribution in [2.24, 2.45) is 4.99 Å². The molecule has 0 bridgehead atoms. The Bertz CT molecular complexity index is 1480. The summed E-state index contributed by atoms with van der Waals surface area (Å²) in [7, 11) is 0. The van der Waals surface area contributed by atoms with E-state index in [1.165, 1.54) is 4.88 Å². The molecule has 3 heterocycles. The number of aliphatic carboxylic acids is 1. The Morgan fingerprint density at radius 2 is 1.63 bits per heavy atom. The number of thiophene rings is 1. The van der Waals surface area contributed by atoms with Crippen molar-refractivity contribution in [3.63, 3.8) is 0 Å². The second-order valence-corrected chi connectivity index (χ2v) is 9.75. The molecule has 1 aliphatic rings. The molecule has 0 spiro atoms. The molecule has 0 fully saturated rings. The van der Waals surface area contributed by atoms with Gasteiger partial charge in [0.1, 0.15) is 22.6 Å². The topological polar surface area (TPSA) is 101 Å². The molecule has 0 saturated heterocycles. The third kappa shape index (κ3) is 4.28. The first-order valence-electron chi connectivity index (χ1n) is 11.2. The fraction of sp³-hybridized carbons (Fsp3) is 0.185. The summed E-state index contributed by atoms with van der Waals surface area (Å²) in [5.74, 6) is 0.571. The molecule has 0 saturated carbocycles. The fourth-order valence-electron chi connectivity index (χ4n) is 4.22. The Morgan fingerprint density at radius 3 is 2.26 bits per heavy atom. The summed E-state index contributed by atoms with van der Waals surface area (Å²) >= 11 is 1.65. The number of aliphatic imine (C=N–C) groups is 1. The largest absolute Gasteiger partial charge is 0.508 e. The molecule has 2 aromatic heterocycles. The molecule has 1 atom stereocenters. The number of benzene rings is 2. The Balaban J connectivity index is 1.58. The van der Waals surface area contributed by atoms with Gasteiger partial charge < -0.3 is 10.2 Å². The van der Waals surface area contributed by atoms with Gasteiger partial charge in [0.15, 0.2) is 5.82 Å². The van der Waals surface area contributed by atoms with Crippen molar-refractivity contribution in [2.75, 3.05) is 0 Å². The Labute approximate surface area is 206 Å². The van der Waals surface area contributed by atoms with Gasteiger partial charge in [-0.3, -0.25) is 14.4 Å². The minimum absolute atomic E-state index is 0.165. The van der Waals surface area contributed by atoms with Gasteiger partial charge in [0, 0.05) is 16.0 Å². The van der Waals surface area contributed by atoms with E-state index in [4.69, 9.17) is 4.99 Å². The Hall–Kier alpha value is -4.04. The van der Waals surface area contributed by atoms with Crippen LogP contribution in [0.2, 0.25) is 0 Å². The van der Waals surface area contributed by atoms with Crippen molar-refractivity contribution < 1.29 is 15.0 Å². The van der Waals surface area contributed by atoms with Crippen LogP contribution >= 0.6 is 11.3 Å². The van der Waals surface area contributed by atoms with Crippen molar-refractivity contribution in [1.29, 1.82) is 0 Å². The summed E-state index contributed by atoms with van der Waals surface area (Å²) < 4.78 is 1.96. The van der Waals surface area contributed by atoms with Crippen LogP contribution in [0.3, 0.4) is 0 Å². The summed E-state index contributed by atoms with van der Waals surface area (Å²) in [4.78, 5) is 17.8. The zero-order chi connectivity index (χ0) is 24.7. The van der Waals surface area contributed by atoms with E-state index in [0.29, 0.717) is 11.6 Å². The minimum Gasteiger partial charge on any atom is -0.508 e. The summed E-state index contributed by atoms with van der Waals surface area (Å²) in [6.07, 6.45) is 3.83. The molecule has 7 nitrogen and oxygen atoms in total. The zero-order valence-electron chi connectivity index (χ0n) is 19.6. The Kier molecular flexibility index (Phi) is 5.82. The number of rotatable bonds is 5. The Morgan fingerprint density at radius 1 is 1.00 bits per heavy atom. The molecular formula is C27H24N4O3S. The van der Waals surface area contributed by atoms with Gasteiger partial charge in [0.05, 0.1) is 12.1 Å². The van der Waals surface area contributed by atoms with E-state index >= 15 is 0 Å². The molecule has 35 heavy (non-hydrogen) atoms. The SMILES string of the molecule is Cc1sc2c(c1C)C(c1ccc(/C=C/c3ccc(O)cc3)cc1)=N[C@@H](CC(=O)O)c1nnc(C)n1-2. The third-order valence-corrected chi connectivity index (χ3v) is 7.35. The van der Waals surface area contributed by atoms with E-state index in [1.54, 1.807) is 23.5 Å². The van der Waals surface area contributed by atoms with Crippen LogP contribution in [0, 0.1) is 20.8 Å². The van der Waals surface area contributed by atoms with Gasteiger partial charge in [-0.25, -0.2) is 0 Å². The second kappa shape index (κ2) is 8.96. The number of aromatic hydroxyl groups is 1. The lowest BCUT2D eigenvalue weighted by Crippen LogP contribution is -2.10. The van der Waals surface area contributed by atoms with E-state index in [9.17, 15) is 15.0 Å². The van der Waals surface area contributed by atoms with E-state index < -0.39 is 12.0 Å². The smallest absolute Gasteiger partial charge is 0.306 e. The quantitative estimate of drug-likeness (QED) is 0.365. The summed E-state index contributed by atoms with van der Waals surface area (Å²) in [5, 5.41) is 28.5. The summed E-state index contributed by atoms with van der Waals surface area (Å²) in [5.41, 5.74) is 5.81. The average molecular weight is 485 g/mol. The predicted octanol–water partition coefficient (Wildman–Crippen LogP) is 5.50. The molecule has 1 aliphatic heterocycles. The monoisotopic (exact) mass is 484 g/mol. The van der Waals surface area contributed by atoms with E-state index in [-0.39, 0.29) is 12.2 Å². The first kappa shape index (κ1) is 22.7. The second-order valence-electron chi connectivity index (χ2n) is 8.54. The maximum absolute atomic E-state index is 11.7. The molecule has 176 valence electrons. The highest BCUT2D eigenvalue weighted by Gasteiger charge is 2.32. The van der Waals surface area contributed by atoms with Crippen molar-refractivity contribution in [3.8, 4) is 10.8 Å². The maximum Gasteiger partial charge on any atom is 0.306 e. The van der Waals surface area contributed by atoms with Crippen molar-refractivity contribution >= 4 is 35.2 Å². The number of phenols is 1. The van der Waals surface area contributed by atoms with Crippen LogP contribution in [0.25, 0.3) is 17.2 Å². The fourth-order valence-corrected chi connectivity index (χ4v) is 5.43. The molecular weight excluding hydrogens is 460 g/mol. The van der Waals surface area contributed by atoms with Crippen LogP contribution in [0.1, 0.15) is 56.8 Å². The van der Waals surface area contributed by atoms with E-state index in [1.807, 2.05) is 60.0 Å². The lowest BCUT2D eigenvalue weighted by molar-refractivity contribution is -0.137. The molecule has 2 N–H and O–H groups in total. The van der Waals surface area contributed by atoms with Gasteiger partial charge in [-0.15, -0.1) is 21.5 Å². The van der Waals surface area contributed by atoms with Gasteiger partial charge in [-0.1, -0.05) is 48.6 Å². The number of fused-ring (bicyclic) bond motifs is 3. The van der Waals surface area contributed by atoms with E-state index in [0.717, 1.165) is 38.5 Å². The molecule has 4 aromatic rings. The zero-order valence-corrected chi connectivity index (χ0v) is 20.4. The number of carboxylic acid groups (broad SMARTS) is 1. The lowest BCUT2D eigenvalue weighted by Gasteiger charge is -2.11. The minimum atomic E-state index is -0.932. The van der Waals surface area contributed by atoms with Crippen molar-refractivity contribution in [3.05, 3.63) is 92.9 Å². The summed E-state index contributed by atoms with van der Waals surface area (Å²) in [6, 6.07) is 14.5. The summed E-state index contributed by atoms with van der Waals surface area (Å²) in [6.45, 7) is 6.03. The molecule has 0 unspecified atom stereocenters. The van der Waals surface area contributed by atoms with Gasteiger partial charge in [0.25, 0.3) is 0 Å². The van der Waals surface area contributed by atoms with Crippen LogP contribution in [0.5, 0.6) is 5.75 Å². The number of hydrogen-bond acceptors (Lipinski definition) is 6. The van der Waals surface area contributed by atoms with Crippen LogP contribution in [0.15, 0.2) is 53.5 Å². The molecule has 0 radical (unpaired) electrons. The average Bonchev–Trinajstić information content (AvgIpc) is 3.31. The molecule has 0 amide bonds. The van der Waals surface area contributed by atoms with Crippen LogP contribution in [-0.2, 0) is 4.79 Å². The highest BCUT2D eigenvalue weighted by atomic mass is 32.1. The van der Waals surface area contributed by atoms with Crippen LogP contribution < -0.4 is 0 Å².